The van der Waals surface area contributed by atoms with Crippen molar-refractivity contribution in [1.29, 1.82) is 0 Å². The molecule has 1 atom stereocenters. The van der Waals surface area contributed by atoms with E-state index in [-0.39, 0.29) is 6.04 Å². The molecule has 2 rings (SSSR count). The number of nitrogens with one attached hydrogen (secondary N) is 1. The van der Waals surface area contributed by atoms with Crippen LogP contribution in [0.5, 0.6) is 0 Å². The second-order valence-electron chi connectivity index (χ2n) is 4.68. The minimum atomic E-state index is 0.200. The average Bonchev–Trinajstić information content (AvgIpc) is 2.72. The summed E-state index contributed by atoms with van der Waals surface area (Å²) in [5.41, 5.74) is 4.14. The lowest BCUT2D eigenvalue weighted by Gasteiger charge is -2.11. The lowest BCUT2D eigenvalue weighted by atomic mass is 10.1. The average molecular weight is 279 g/mol. The first-order valence-corrected chi connectivity index (χ1v) is 6.84. The fourth-order valence-electron chi connectivity index (χ4n) is 2.23. The monoisotopic (exact) mass is 278 g/mol. The Morgan fingerprint density at radius 1 is 1.37 bits per heavy atom. The molecular formula is C14H19ClN4. The van der Waals surface area contributed by atoms with Gasteiger partial charge in [0.1, 0.15) is 5.69 Å². The Labute approximate surface area is 118 Å². The molecule has 2 aromatic rings. The highest BCUT2D eigenvalue weighted by atomic mass is 35.5. The Hall–Kier alpha value is -1.39. The van der Waals surface area contributed by atoms with Crippen molar-refractivity contribution in [2.75, 3.05) is 6.54 Å². The molecule has 0 amide bonds. The predicted octanol–water partition coefficient (Wildman–Crippen LogP) is 3.21. The molecule has 5 heteroatoms. The molecule has 1 unspecified atom stereocenters. The van der Waals surface area contributed by atoms with Crippen LogP contribution in [-0.4, -0.2) is 21.5 Å². The predicted molar refractivity (Wildman–Crippen MR) is 77.9 cm³/mol. The Morgan fingerprint density at radius 3 is 2.74 bits per heavy atom. The van der Waals surface area contributed by atoms with Gasteiger partial charge < -0.3 is 5.32 Å². The third-order valence-corrected chi connectivity index (χ3v) is 3.47. The van der Waals surface area contributed by atoms with Crippen LogP contribution in [0.4, 0.5) is 0 Å². The van der Waals surface area contributed by atoms with Gasteiger partial charge in [-0.15, -0.1) is 5.10 Å². The SMILES string of the molecule is CCNC(C)c1nnn(-c2ccc(Cl)cc2C)c1C. The van der Waals surface area contributed by atoms with Crippen molar-refractivity contribution < 1.29 is 0 Å². The molecule has 0 radical (unpaired) electrons. The molecule has 0 spiro atoms. The van der Waals surface area contributed by atoms with Crippen molar-refractivity contribution in [1.82, 2.24) is 20.3 Å². The lowest BCUT2D eigenvalue weighted by Crippen LogP contribution is -2.19. The van der Waals surface area contributed by atoms with Gasteiger partial charge in [0.15, 0.2) is 0 Å². The number of hydrogen-bond donors (Lipinski definition) is 1. The fourth-order valence-corrected chi connectivity index (χ4v) is 2.46. The number of hydrogen-bond acceptors (Lipinski definition) is 3. The Balaban J connectivity index is 2.41. The summed E-state index contributed by atoms with van der Waals surface area (Å²) in [6.45, 7) is 9.15. The van der Waals surface area contributed by atoms with Gasteiger partial charge in [0.2, 0.25) is 0 Å². The maximum absolute atomic E-state index is 5.99. The quantitative estimate of drug-likeness (QED) is 0.934. The van der Waals surface area contributed by atoms with E-state index in [0.29, 0.717) is 0 Å². The van der Waals surface area contributed by atoms with Crippen LogP contribution in [-0.2, 0) is 0 Å². The second-order valence-corrected chi connectivity index (χ2v) is 5.12. The van der Waals surface area contributed by atoms with Crippen molar-refractivity contribution >= 4 is 11.6 Å². The number of benzene rings is 1. The molecule has 0 fully saturated rings. The molecule has 1 aromatic carbocycles. The minimum Gasteiger partial charge on any atom is -0.309 e. The highest BCUT2D eigenvalue weighted by Gasteiger charge is 2.16. The van der Waals surface area contributed by atoms with Crippen molar-refractivity contribution in [3.63, 3.8) is 0 Å². The maximum Gasteiger partial charge on any atom is 0.103 e. The summed E-state index contributed by atoms with van der Waals surface area (Å²) in [5.74, 6) is 0. The number of aryl methyl sites for hydroxylation is 1. The summed E-state index contributed by atoms with van der Waals surface area (Å²) in [4.78, 5) is 0. The second kappa shape index (κ2) is 5.72. The smallest absolute Gasteiger partial charge is 0.103 e. The molecule has 1 N–H and O–H groups in total. The van der Waals surface area contributed by atoms with Gasteiger partial charge in [-0.25, -0.2) is 4.68 Å². The summed E-state index contributed by atoms with van der Waals surface area (Å²) in [5, 5.41) is 12.6. The van der Waals surface area contributed by atoms with Crippen LogP contribution in [0.3, 0.4) is 0 Å². The minimum absolute atomic E-state index is 0.200. The maximum atomic E-state index is 5.99. The van der Waals surface area contributed by atoms with Crippen molar-refractivity contribution in [3.8, 4) is 5.69 Å². The molecule has 0 saturated heterocycles. The van der Waals surface area contributed by atoms with Gasteiger partial charge in [0.25, 0.3) is 0 Å². The first-order chi connectivity index (χ1) is 9.04. The molecule has 102 valence electrons. The molecule has 4 nitrogen and oxygen atoms in total. The molecule has 0 aliphatic carbocycles. The molecule has 0 aliphatic heterocycles. The highest BCUT2D eigenvalue weighted by Crippen LogP contribution is 2.22. The van der Waals surface area contributed by atoms with Crippen LogP contribution in [0, 0.1) is 13.8 Å². The van der Waals surface area contributed by atoms with Crippen molar-refractivity contribution in [3.05, 3.63) is 40.2 Å². The summed E-state index contributed by atoms with van der Waals surface area (Å²) in [6, 6.07) is 5.98. The largest absolute Gasteiger partial charge is 0.309 e. The van der Waals surface area contributed by atoms with Crippen LogP contribution >= 0.6 is 11.6 Å². The number of nitrogens with zero attached hydrogens (tertiary/aromatic N) is 3. The molecule has 0 bridgehead atoms. The molecule has 19 heavy (non-hydrogen) atoms. The molecule has 0 saturated carbocycles. The normalized spacial score (nSPS) is 12.7. The molecular weight excluding hydrogens is 260 g/mol. The van der Waals surface area contributed by atoms with Crippen LogP contribution in [0.25, 0.3) is 5.69 Å². The van der Waals surface area contributed by atoms with E-state index in [1.807, 2.05) is 36.7 Å². The van der Waals surface area contributed by atoms with E-state index in [1.54, 1.807) is 0 Å². The fraction of sp³-hybridized carbons (Fsp3) is 0.429. The molecule has 1 heterocycles. The topological polar surface area (TPSA) is 42.7 Å². The van der Waals surface area contributed by atoms with Gasteiger partial charge in [0, 0.05) is 5.02 Å². The zero-order chi connectivity index (χ0) is 14.0. The van der Waals surface area contributed by atoms with E-state index in [2.05, 4.69) is 29.5 Å². The van der Waals surface area contributed by atoms with Gasteiger partial charge in [0.05, 0.1) is 17.4 Å². The first kappa shape index (κ1) is 14.0. The summed E-state index contributed by atoms with van der Waals surface area (Å²) >= 11 is 5.99. The lowest BCUT2D eigenvalue weighted by molar-refractivity contribution is 0.579. The van der Waals surface area contributed by atoms with Gasteiger partial charge in [-0.2, -0.15) is 0 Å². The Bertz CT molecular complexity index is 577. The van der Waals surface area contributed by atoms with E-state index >= 15 is 0 Å². The number of aromatic nitrogens is 3. The molecule has 0 aliphatic rings. The third kappa shape index (κ3) is 2.80. The summed E-state index contributed by atoms with van der Waals surface area (Å²) < 4.78 is 1.87. The van der Waals surface area contributed by atoms with E-state index in [1.165, 1.54) is 0 Å². The van der Waals surface area contributed by atoms with Crippen LogP contribution < -0.4 is 5.32 Å². The van der Waals surface area contributed by atoms with Crippen LogP contribution in [0.1, 0.15) is 36.8 Å². The molecule has 1 aromatic heterocycles. The van der Waals surface area contributed by atoms with E-state index < -0.39 is 0 Å². The van der Waals surface area contributed by atoms with Gasteiger partial charge >= 0.3 is 0 Å². The Kier molecular flexibility index (Phi) is 4.22. The zero-order valence-electron chi connectivity index (χ0n) is 11.7. The number of rotatable bonds is 4. The van der Waals surface area contributed by atoms with Gasteiger partial charge in [-0.05, 0) is 51.1 Å². The zero-order valence-corrected chi connectivity index (χ0v) is 12.5. The van der Waals surface area contributed by atoms with Crippen LogP contribution in [0.2, 0.25) is 5.02 Å². The van der Waals surface area contributed by atoms with Gasteiger partial charge in [-0.1, -0.05) is 23.7 Å². The number of halogens is 1. The van der Waals surface area contributed by atoms with Crippen LogP contribution in [0.15, 0.2) is 18.2 Å². The summed E-state index contributed by atoms with van der Waals surface area (Å²) in [7, 11) is 0. The van der Waals surface area contributed by atoms with Crippen molar-refractivity contribution in [2.45, 2.75) is 33.7 Å². The third-order valence-electron chi connectivity index (χ3n) is 3.24. The summed E-state index contributed by atoms with van der Waals surface area (Å²) in [6.07, 6.45) is 0. The van der Waals surface area contributed by atoms with Gasteiger partial charge in [-0.3, -0.25) is 0 Å². The van der Waals surface area contributed by atoms with E-state index in [9.17, 15) is 0 Å². The van der Waals surface area contributed by atoms with E-state index in [0.717, 1.165) is 34.2 Å². The standard InChI is InChI=1S/C14H19ClN4/c1-5-16-10(3)14-11(4)19(18-17-14)13-7-6-12(15)8-9(13)2/h6-8,10,16H,5H2,1-4H3. The highest BCUT2D eigenvalue weighted by molar-refractivity contribution is 6.30. The Morgan fingerprint density at radius 2 is 2.11 bits per heavy atom. The van der Waals surface area contributed by atoms with Crippen molar-refractivity contribution in [2.24, 2.45) is 0 Å². The first-order valence-electron chi connectivity index (χ1n) is 6.46. The van der Waals surface area contributed by atoms with E-state index in [4.69, 9.17) is 11.6 Å².